The molecule has 0 aliphatic carbocycles. The van der Waals surface area contributed by atoms with Gasteiger partial charge in [0.15, 0.2) is 0 Å². The van der Waals surface area contributed by atoms with Gasteiger partial charge >= 0.3 is 0 Å². The Morgan fingerprint density at radius 1 is 1.21 bits per heavy atom. The zero-order chi connectivity index (χ0) is 9.97. The van der Waals surface area contributed by atoms with Crippen molar-refractivity contribution in [2.24, 2.45) is 0 Å². The third-order valence-electron chi connectivity index (χ3n) is 1.70. The number of benzene rings is 1. The predicted octanol–water partition coefficient (Wildman–Crippen LogP) is 3.46. The molecule has 1 aromatic heterocycles. The van der Waals surface area contributed by atoms with E-state index in [1.165, 1.54) is 0 Å². The van der Waals surface area contributed by atoms with Crippen LogP contribution in [0, 0.1) is 0 Å². The van der Waals surface area contributed by atoms with Crippen molar-refractivity contribution >= 4 is 34.7 Å². The number of hydrogen-bond acceptors (Lipinski definition) is 2. The van der Waals surface area contributed by atoms with Crippen molar-refractivity contribution in [1.29, 1.82) is 0 Å². The average Bonchev–Trinajstić information content (AvgIpc) is 2.62. The number of nitrogens with zero attached hydrogens (tertiary/aromatic N) is 1. The Labute approximate surface area is 91.0 Å². The maximum Gasteiger partial charge on any atom is 0.125 e. The number of halogens is 2. The number of aromatic amines is 1. The van der Waals surface area contributed by atoms with Gasteiger partial charge in [0, 0.05) is 11.1 Å². The third-order valence-corrected chi connectivity index (χ3v) is 2.25. The normalized spacial score (nSPS) is 10.1. The molecule has 0 saturated carbocycles. The molecule has 0 radical (unpaired) electrons. The van der Waals surface area contributed by atoms with E-state index in [-0.39, 0.29) is 0 Å². The van der Waals surface area contributed by atoms with E-state index in [1.54, 1.807) is 18.3 Å². The van der Waals surface area contributed by atoms with Crippen molar-refractivity contribution in [2.45, 2.75) is 0 Å². The summed E-state index contributed by atoms with van der Waals surface area (Å²) in [5.74, 6) is 0.786. The van der Waals surface area contributed by atoms with Gasteiger partial charge in [0.05, 0.1) is 16.9 Å². The number of hydrogen-bond donors (Lipinski definition) is 2. The van der Waals surface area contributed by atoms with Gasteiger partial charge in [-0.25, -0.2) is 0 Å². The van der Waals surface area contributed by atoms with Crippen molar-refractivity contribution in [3.8, 4) is 0 Å². The monoisotopic (exact) mass is 227 g/mol. The van der Waals surface area contributed by atoms with E-state index >= 15 is 0 Å². The minimum Gasteiger partial charge on any atom is -0.339 e. The average molecular weight is 228 g/mol. The lowest BCUT2D eigenvalue weighted by Crippen LogP contribution is -1.91. The fourth-order valence-corrected chi connectivity index (χ4v) is 1.52. The van der Waals surface area contributed by atoms with Crippen LogP contribution in [-0.4, -0.2) is 10.2 Å². The zero-order valence-corrected chi connectivity index (χ0v) is 8.60. The molecule has 0 spiro atoms. The van der Waals surface area contributed by atoms with Crippen LogP contribution in [0.5, 0.6) is 0 Å². The summed E-state index contributed by atoms with van der Waals surface area (Å²) in [4.78, 5) is 0. The summed E-state index contributed by atoms with van der Waals surface area (Å²) in [6.07, 6.45) is 1.66. The Bertz CT molecular complexity index is 426. The molecule has 0 fully saturated rings. The van der Waals surface area contributed by atoms with E-state index in [0.717, 1.165) is 11.5 Å². The Kier molecular flexibility index (Phi) is 2.61. The van der Waals surface area contributed by atoms with E-state index in [4.69, 9.17) is 23.2 Å². The second kappa shape index (κ2) is 3.90. The highest BCUT2D eigenvalue weighted by atomic mass is 35.5. The molecule has 14 heavy (non-hydrogen) atoms. The van der Waals surface area contributed by atoms with Crippen molar-refractivity contribution < 1.29 is 0 Å². The Morgan fingerprint density at radius 3 is 2.71 bits per heavy atom. The summed E-state index contributed by atoms with van der Waals surface area (Å²) in [6.45, 7) is 0. The van der Waals surface area contributed by atoms with Gasteiger partial charge in [-0.15, -0.1) is 0 Å². The second-order valence-corrected chi connectivity index (χ2v) is 3.56. The number of rotatable bonds is 2. The fraction of sp³-hybridized carbons (Fsp3) is 0. The fourth-order valence-electron chi connectivity index (χ4n) is 1.06. The van der Waals surface area contributed by atoms with E-state index < -0.39 is 0 Å². The van der Waals surface area contributed by atoms with Crippen molar-refractivity contribution in [1.82, 2.24) is 10.2 Å². The SMILES string of the molecule is Clc1ccc(Nc2ccn[nH]2)c(Cl)c1. The second-order valence-electron chi connectivity index (χ2n) is 2.72. The predicted molar refractivity (Wildman–Crippen MR) is 58.3 cm³/mol. The van der Waals surface area contributed by atoms with Crippen LogP contribution in [0.1, 0.15) is 0 Å². The third kappa shape index (κ3) is 2.00. The molecule has 2 aromatic rings. The summed E-state index contributed by atoms with van der Waals surface area (Å²) in [5.41, 5.74) is 0.792. The van der Waals surface area contributed by atoms with Crippen LogP contribution in [0.25, 0.3) is 0 Å². The maximum atomic E-state index is 5.97. The number of aromatic nitrogens is 2. The lowest BCUT2D eigenvalue weighted by Gasteiger charge is -2.05. The number of anilines is 2. The van der Waals surface area contributed by atoms with E-state index in [9.17, 15) is 0 Å². The van der Waals surface area contributed by atoms with Gasteiger partial charge in [0.25, 0.3) is 0 Å². The summed E-state index contributed by atoms with van der Waals surface area (Å²) in [5, 5.41) is 10.8. The molecule has 2 N–H and O–H groups in total. The zero-order valence-electron chi connectivity index (χ0n) is 7.09. The molecule has 0 bridgehead atoms. The van der Waals surface area contributed by atoms with Crippen LogP contribution in [-0.2, 0) is 0 Å². The van der Waals surface area contributed by atoms with Gasteiger partial charge in [0.2, 0.25) is 0 Å². The highest BCUT2D eigenvalue weighted by Crippen LogP contribution is 2.27. The topological polar surface area (TPSA) is 40.7 Å². The quantitative estimate of drug-likeness (QED) is 0.826. The highest BCUT2D eigenvalue weighted by Gasteiger charge is 2.01. The van der Waals surface area contributed by atoms with Crippen LogP contribution >= 0.6 is 23.2 Å². The first-order chi connectivity index (χ1) is 6.75. The number of H-pyrrole nitrogens is 1. The van der Waals surface area contributed by atoms with Crippen LogP contribution in [0.15, 0.2) is 30.5 Å². The van der Waals surface area contributed by atoms with Gasteiger partial charge in [-0.2, -0.15) is 5.10 Å². The Morgan fingerprint density at radius 2 is 2.07 bits per heavy atom. The molecule has 0 atom stereocenters. The molecular weight excluding hydrogens is 221 g/mol. The van der Waals surface area contributed by atoms with E-state index in [2.05, 4.69) is 15.5 Å². The van der Waals surface area contributed by atoms with E-state index in [1.807, 2.05) is 12.1 Å². The van der Waals surface area contributed by atoms with Crippen LogP contribution in [0.3, 0.4) is 0 Å². The van der Waals surface area contributed by atoms with Gasteiger partial charge in [-0.05, 0) is 18.2 Å². The Hall–Kier alpha value is -1.19. The van der Waals surface area contributed by atoms with Gasteiger partial charge in [-0.1, -0.05) is 23.2 Å². The molecule has 72 valence electrons. The molecule has 0 saturated heterocycles. The smallest absolute Gasteiger partial charge is 0.125 e. The van der Waals surface area contributed by atoms with Crippen LogP contribution in [0.2, 0.25) is 10.0 Å². The number of nitrogens with one attached hydrogen (secondary N) is 2. The molecule has 0 aliphatic rings. The molecule has 1 aromatic carbocycles. The van der Waals surface area contributed by atoms with Crippen molar-refractivity contribution in [2.75, 3.05) is 5.32 Å². The highest BCUT2D eigenvalue weighted by molar-refractivity contribution is 6.36. The van der Waals surface area contributed by atoms with Gasteiger partial charge < -0.3 is 5.32 Å². The minimum atomic E-state index is 0.576. The molecule has 0 amide bonds. The van der Waals surface area contributed by atoms with Crippen LogP contribution in [0.4, 0.5) is 11.5 Å². The molecule has 0 aliphatic heterocycles. The Balaban J connectivity index is 2.25. The first-order valence-electron chi connectivity index (χ1n) is 3.97. The molecule has 3 nitrogen and oxygen atoms in total. The lowest BCUT2D eigenvalue weighted by molar-refractivity contribution is 1.09. The lowest BCUT2D eigenvalue weighted by atomic mass is 10.3. The summed E-state index contributed by atoms with van der Waals surface area (Å²) in [7, 11) is 0. The van der Waals surface area contributed by atoms with E-state index in [0.29, 0.717) is 10.0 Å². The summed E-state index contributed by atoms with van der Waals surface area (Å²) in [6, 6.07) is 7.07. The summed E-state index contributed by atoms with van der Waals surface area (Å²) >= 11 is 11.7. The summed E-state index contributed by atoms with van der Waals surface area (Å²) < 4.78 is 0. The van der Waals surface area contributed by atoms with Crippen LogP contribution < -0.4 is 5.32 Å². The standard InChI is InChI=1S/C9H7Cl2N3/c10-6-1-2-8(7(11)5-6)13-9-3-4-12-14-9/h1-5H,(H2,12,13,14). The van der Waals surface area contributed by atoms with Gasteiger partial charge in [0.1, 0.15) is 5.82 Å². The largest absolute Gasteiger partial charge is 0.339 e. The molecular formula is C9H7Cl2N3. The molecule has 0 unspecified atom stereocenters. The molecule has 2 rings (SSSR count). The maximum absolute atomic E-state index is 5.97. The van der Waals surface area contributed by atoms with Crippen molar-refractivity contribution in [3.05, 3.63) is 40.5 Å². The van der Waals surface area contributed by atoms with Crippen molar-refractivity contribution in [3.63, 3.8) is 0 Å². The first-order valence-corrected chi connectivity index (χ1v) is 4.73. The minimum absolute atomic E-state index is 0.576. The van der Waals surface area contributed by atoms with Gasteiger partial charge in [-0.3, -0.25) is 5.10 Å². The first kappa shape index (κ1) is 9.37. The molecule has 1 heterocycles. The molecule has 5 heteroatoms.